The van der Waals surface area contributed by atoms with Crippen LogP contribution in [0.3, 0.4) is 0 Å². The number of carboxylic acids is 1. The zero-order chi connectivity index (χ0) is 20.8. The van der Waals surface area contributed by atoms with Gasteiger partial charge in [0.1, 0.15) is 23.2 Å². The molecular formula is C16H24BN3O8. The van der Waals surface area contributed by atoms with Crippen molar-refractivity contribution in [2.24, 2.45) is 5.73 Å². The number of amides is 1. The minimum absolute atomic E-state index is 0.0189. The monoisotopic (exact) mass is 397 g/mol. The van der Waals surface area contributed by atoms with Crippen molar-refractivity contribution in [3.05, 3.63) is 23.3 Å². The maximum Gasteiger partial charge on any atom is 0.707 e. The Bertz CT molecular complexity index is 709. The Kier molecular flexibility index (Phi) is 7.60. The SMILES string of the molecule is CCc1ccc(OC2CN(C(=O)CCNC(N)O)C2)c(C(=O)O)c1OB(O)O. The summed E-state index contributed by atoms with van der Waals surface area (Å²) >= 11 is 0. The number of carbonyl (C=O) groups is 2. The molecule has 0 radical (unpaired) electrons. The predicted molar refractivity (Wildman–Crippen MR) is 97.4 cm³/mol. The molecule has 1 aromatic rings. The number of nitrogens with two attached hydrogens (primary N) is 1. The molecule has 1 aliphatic heterocycles. The number of carbonyl (C=O) groups excluding carboxylic acids is 1. The smallest absolute Gasteiger partial charge is 0.511 e. The minimum Gasteiger partial charge on any atom is -0.511 e. The van der Waals surface area contributed by atoms with Crippen molar-refractivity contribution in [2.45, 2.75) is 32.2 Å². The van der Waals surface area contributed by atoms with Crippen LogP contribution in [0.15, 0.2) is 12.1 Å². The van der Waals surface area contributed by atoms with Gasteiger partial charge in [0.15, 0.2) is 6.35 Å². The summed E-state index contributed by atoms with van der Waals surface area (Å²) in [5.41, 5.74) is 5.30. The highest BCUT2D eigenvalue weighted by Crippen LogP contribution is 2.34. The zero-order valence-corrected chi connectivity index (χ0v) is 15.4. The predicted octanol–water partition coefficient (Wildman–Crippen LogP) is -1.90. The summed E-state index contributed by atoms with van der Waals surface area (Å²) in [5, 5.41) is 39.1. The number of aryl methyl sites for hydroxylation is 1. The van der Waals surface area contributed by atoms with E-state index in [1.165, 1.54) is 11.0 Å². The Morgan fingerprint density at radius 3 is 2.61 bits per heavy atom. The third-order valence-electron chi connectivity index (χ3n) is 4.21. The van der Waals surface area contributed by atoms with Gasteiger partial charge in [-0.2, -0.15) is 0 Å². The van der Waals surface area contributed by atoms with E-state index in [1.807, 2.05) is 0 Å². The third-order valence-corrected chi connectivity index (χ3v) is 4.21. The number of rotatable bonds is 10. The molecule has 1 amide bonds. The van der Waals surface area contributed by atoms with Gasteiger partial charge < -0.3 is 34.6 Å². The molecule has 12 heteroatoms. The van der Waals surface area contributed by atoms with Crippen LogP contribution in [0, 0.1) is 0 Å². The standard InChI is InChI=1S/C16H24BN3O8/c1-2-9-3-4-11(13(15(22)23)14(9)28-17(25)26)27-10-7-20(8-10)12(21)5-6-19-16(18)24/h3-4,10,16,19,24-26H,2,5-8,18H2,1H3,(H,22,23). The van der Waals surface area contributed by atoms with Crippen molar-refractivity contribution < 1.29 is 39.2 Å². The lowest BCUT2D eigenvalue weighted by atomic mass is 10.0. The maximum absolute atomic E-state index is 12.0. The Balaban J connectivity index is 2.03. The summed E-state index contributed by atoms with van der Waals surface area (Å²) in [6, 6.07) is 3.07. The summed E-state index contributed by atoms with van der Waals surface area (Å²) in [5.74, 6) is -1.63. The number of nitrogens with one attached hydrogen (secondary N) is 1. The lowest BCUT2D eigenvalue weighted by Crippen LogP contribution is -2.56. The minimum atomic E-state index is -2.17. The Morgan fingerprint density at radius 2 is 2.07 bits per heavy atom. The number of carboxylic acid groups (broad SMARTS) is 1. The first kappa shape index (κ1) is 21.9. The van der Waals surface area contributed by atoms with Gasteiger partial charge in [0.05, 0.1) is 13.1 Å². The second kappa shape index (κ2) is 9.71. The first-order valence-electron chi connectivity index (χ1n) is 8.76. The molecule has 2 rings (SSSR count). The van der Waals surface area contributed by atoms with E-state index in [4.69, 9.17) is 30.3 Å². The zero-order valence-electron chi connectivity index (χ0n) is 15.4. The molecular weight excluding hydrogens is 373 g/mol. The maximum atomic E-state index is 12.0. The molecule has 1 heterocycles. The van der Waals surface area contributed by atoms with E-state index in [0.717, 1.165) is 0 Å². The normalized spacial score (nSPS) is 15.0. The summed E-state index contributed by atoms with van der Waals surface area (Å²) in [6.45, 7) is 2.55. The second-order valence-corrected chi connectivity index (χ2v) is 6.22. The van der Waals surface area contributed by atoms with Crippen molar-refractivity contribution in [2.75, 3.05) is 19.6 Å². The highest BCUT2D eigenvalue weighted by Gasteiger charge is 2.34. The average molecular weight is 397 g/mol. The molecule has 1 unspecified atom stereocenters. The summed E-state index contributed by atoms with van der Waals surface area (Å²) < 4.78 is 10.6. The van der Waals surface area contributed by atoms with Crippen LogP contribution in [-0.4, -0.2) is 76.4 Å². The van der Waals surface area contributed by atoms with Crippen LogP contribution in [-0.2, 0) is 11.2 Å². The number of aliphatic hydroxyl groups excluding tert-OH is 1. The lowest BCUT2D eigenvalue weighted by Gasteiger charge is -2.39. The number of hydrogen-bond acceptors (Lipinski definition) is 9. The number of ether oxygens (including phenoxy) is 1. The summed E-state index contributed by atoms with van der Waals surface area (Å²) in [7, 11) is -2.17. The van der Waals surface area contributed by atoms with Crippen molar-refractivity contribution in [3.8, 4) is 11.5 Å². The van der Waals surface area contributed by atoms with Gasteiger partial charge in [-0.1, -0.05) is 13.0 Å². The van der Waals surface area contributed by atoms with E-state index in [2.05, 4.69) is 5.32 Å². The Morgan fingerprint density at radius 1 is 1.39 bits per heavy atom. The molecule has 1 aliphatic rings. The molecule has 1 atom stereocenters. The van der Waals surface area contributed by atoms with Crippen molar-refractivity contribution in [3.63, 3.8) is 0 Å². The van der Waals surface area contributed by atoms with Gasteiger partial charge >= 0.3 is 13.3 Å². The van der Waals surface area contributed by atoms with Crippen LogP contribution in [0.25, 0.3) is 0 Å². The Labute approximate surface area is 161 Å². The van der Waals surface area contributed by atoms with Crippen LogP contribution in [0.2, 0.25) is 0 Å². The lowest BCUT2D eigenvalue weighted by molar-refractivity contribution is -0.140. The van der Waals surface area contributed by atoms with Crippen molar-refractivity contribution >= 4 is 19.2 Å². The quantitative estimate of drug-likeness (QED) is 0.193. The number of aromatic carboxylic acids is 1. The van der Waals surface area contributed by atoms with E-state index >= 15 is 0 Å². The molecule has 0 bridgehead atoms. The first-order chi connectivity index (χ1) is 13.2. The number of aliphatic hydroxyl groups is 1. The van der Waals surface area contributed by atoms with Crippen LogP contribution in [0.4, 0.5) is 0 Å². The molecule has 1 saturated heterocycles. The van der Waals surface area contributed by atoms with Gasteiger partial charge in [0.25, 0.3) is 0 Å². The average Bonchev–Trinajstić information content (AvgIpc) is 2.56. The van der Waals surface area contributed by atoms with Crippen molar-refractivity contribution in [1.82, 2.24) is 10.2 Å². The molecule has 0 aromatic heterocycles. The number of hydrogen-bond donors (Lipinski definition) is 6. The molecule has 0 spiro atoms. The van der Waals surface area contributed by atoms with Gasteiger partial charge in [0.2, 0.25) is 5.91 Å². The van der Waals surface area contributed by atoms with Gasteiger partial charge in [-0.3, -0.25) is 15.8 Å². The molecule has 0 saturated carbocycles. The van der Waals surface area contributed by atoms with Gasteiger partial charge in [-0.05, 0) is 18.1 Å². The van der Waals surface area contributed by atoms with Crippen LogP contribution in [0.1, 0.15) is 29.3 Å². The van der Waals surface area contributed by atoms with Gasteiger partial charge in [-0.25, -0.2) is 4.79 Å². The van der Waals surface area contributed by atoms with Gasteiger partial charge in [0, 0.05) is 13.0 Å². The summed E-state index contributed by atoms with van der Waals surface area (Å²) in [6.07, 6.45) is -1.03. The third kappa shape index (κ3) is 5.56. The molecule has 7 N–H and O–H groups in total. The fourth-order valence-electron chi connectivity index (χ4n) is 2.81. The molecule has 1 fully saturated rings. The van der Waals surface area contributed by atoms with Crippen LogP contribution < -0.4 is 20.4 Å². The number of nitrogens with zero attached hydrogens (tertiary/aromatic N) is 1. The van der Waals surface area contributed by atoms with Gasteiger partial charge in [-0.15, -0.1) is 0 Å². The largest absolute Gasteiger partial charge is 0.707 e. The second-order valence-electron chi connectivity index (χ2n) is 6.22. The first-order valence-corrected chi connectivity index (χ1v) is 8.76. The van der Waals surface area contributed by atoms with E-state index in [0.29, 0.717) is 12.0 Å². The number of benzene rings is 1. The van der Waals surface area contributed by atoms with E-state index < -0.39 is 25.7 Å². The highest BCUT2D eigenvalue weighted by molar-refractivity contribution is 6.34. The molecule has 0 aliphatic carbocycles. The van der Waals surface area contributed by atoms with E-state index in [-0.39, 0.29) is 49.0 Å². The van der Waals surface area contributed by atoms with E-state index in [1.54, 1.807) is 13.0 Å². The number of likely N-dealkylation sites (tertiary alicyclic amines) is 1. The van der Waals surface area contributed by atoms with E-state index in [9.17, 15) is 14.7 Å². The van der Waals surface area contributed by atoms with Crippen LogP contribution >= 0.6 is 0 Å². The fourth-order valence-corrected chi connectivity index (χ4v) is 2.81. The highest BCUT2D eigenvalue weighted by atomic mass is 16.6. The van der Waals surface area contributed by atoms with Crippen molar-refractivity contribution in [1.29, 1.82) is 0 Å². The Hall–Kier alpha value is -2.38. The fraction of sp³-hybridized carbons (Fsp3) is 0.500. The molecule has 11 nitrogen and oxygen atoms in total. The van der Waals surface area contributed by atoms with Crippen LogP contribution in [0.5, 0.6) is 11.5 Å². The molecule has 154 valence electrons. The summed E-state index contributed by atoms with van der Waals surface area (Å²) in [4.78, 5) is 25.2. The molecule has 28 heavy (non-hydrogen) atoms. The molecule has 1 aromatic carbocycles. The topological polar surface area (TPSA) is 175 Å².